The summed E-state index contributed by atoms with van der Waals surface area (Å²) in [5, 5.41) is 4.13. The first-order valence-electron chi connectivity index (χ1n) is 8.87. The summed E-state index contributed by atoms with van der Waals surface area (Å²) in [6.45, 7) is 3.04. The molecule has 0 aliphatic carbocycles. The minimum absolute atomic E-state index is 0.0486. The summed E-state index contributed by atoms with van der Waals surface area (Å²) in [5.74, 6) is 0.323. The van der Waals surface area contributed by atoms with Crippen molar-refractivity contribution in [2.45, 2.75) is 19.9 Å². The molecule has 3 aromatic rings. The highest BCUT2D eigenvalue weighted by Crippen LogP contribution is 2.30. The Morgan fingerprint density at radius 2 is 1.89 bits per heavy atom. The van der Waals surface area contributed by atoms with E-state index in [1.807, 2.05) is 37.3 Å². The van der Waals surface area contributed by atoms with Crippen LogP contribution >= 0.6 is 0 Å². The van der Waals surface area contributed by atoms with E-state index in [9.17, 15) is 9.18 Å². The van der Waals surface area contributed by atoms with E-state index in [2.05, 4.69) is 5.16 Å². The molecule has 0 fully saturated rings. The lowest BCUT2D eigenvalue weighted by Gasteiger charge is -2.24. The zero-order chi connectivity index (χ0) is 18.8. The van der Waals surface area contributed by atoms with Crippen molar-refractivity contribution in [3.05, 3.63) is 82.8 Å². The van der Waals surface area contributed by atoms with E-state index < -0.39 is 0 Å². The van der Waals surface area contributed by atoms with Gasteiger partial charge in [0, 0.05) is 23.7 Å². The van der Waals surface area contributed by atoms with E-state index in [1.54, 1.807) is 23.1 Å². The number of fused-ring (bicyclic) bond motifs is 1. The number of amides is 1. The van der Waals surface area contributed by atoms with Gasteiger partial charge >= 0.3 is 0 Å². The standard InChI is InChI=1S/C22H19FN2O2/c1-15-2-4-16(5-3-15)6-11-21(26)25-13-12-19-20(14-25)24-27-22(19)17-7-9-18(23)10-8-17/h2-11H,12-14H2,1H3/b11-6+. The van der Waals surface area contributed by atoms with Crippen LogP contribution in [0.5, 0.6) is 0 Å². The number of nitrogens with zero attached hydrogens (tertiary/aromatic N) is 2. The predicted octanol–water partition coefficient (Wildman–Crippen LogP) is 4.39. The Hall–Kier alpha value is -3.21. The number of hydrogen-bond donors (Lipinski definition) is 0. The van der Waals surface area contributed by atoms with E-state index in [-0.39, 0.29) is 11.7 Å². The molecule has 2 heterocycles. The smallest absolute Gasteiger partial charge is 0.246 e. The van der Waals surface area contributed by atoms with Gasteiger partial charge < -0.3 is 9.42 Å². The molecule has 136 valence electrons. The first kappa shape index (κ1) is 17.2. The molecule has 1 aliphatic rings. The fourth-order valence-corrected chi connectivity index (χ4v) is 3.20. The number of aromatic nitrogens is 1. The molecule has 0 spiro atoms. The minimum Gasteiger partial charge on any atom is -0.356 e. The molecule has 27 heavy (non-hydrogen) atoms. The van der Waals surface area contributed by atoms with Gasteiger partial charge in [0.1, 0.15) is 11.5 Å². The first-order chi connectivity index (χ1) is 13.1. The molecular weight excluding hydrogens is 343 g/mol. The van der Waals surface area contributed by atoms with E-state index in [1.165, 1.54) is 17.7 Å². The lowest BCUT2D eigenvalue weighted by molar-refractivity contribution is -0.126. The van der Waals surface area contributed by atoms with E-state index in [0.717, 1.165) is 22.4 Å². The highest BCUT2D eigenvalue weighted by Gasteiger charge is 2.26. The molecule has 0 atom stereocenters. The SMILES string of the molecule is Cc1ccc(/C=C/C(=O)N2CCc3c(noc3-c3ccc(F)cc3)C2)cc1. The number of benzene rings is 2. The summed E-state index contributed by atoms with van der Waals surface area (Å²) < 4.78 is 18.6. The highest BCUT2D eigenvalue weighted by molar-refractivity contribution is 5.92. The maximum Gasteiger partial charge on any atom is 0.246 e. The summed E-state index contributed by atoms with van der Waals surface area (Å²) in [4.78, 5) is 14.3. The number of carbonyl (C=O) groups is 1. The molecule has 0 radical (unpaired) electrons. The Labute approximate surface area is 156 Å². The Balaban J connectivity index is 1.48. The van der Waals surface area contributed by atoms with Crippen LogP contribution in [0.15, 0.2) is 59.1 Å². The van der Waals surface area contributed by atoms with Crippen LogP contribution in [0.1, 0.15) is 22.4 Å². The lowest BCUT2D eigenvalue weighted by atomic mass is 10.0. The molecule has 5 heteroatoms. The van der Waals surface area contributed by atoms with Crippen molar-refractivity contribution in [3.8, 4) is 11.3 Å². The van der Waals surface area contributed by atoms with Crippen molar-refractivity contribution in [3.63, 3.8) is 0 Å². The fraction of sp³-hybridized carbons (Fsp3) is 0.182. The van der Waals surface area contributed by atoms with Crippen molar-refractivity contribution < 1.29 is 13.7 Å². The average molecular weight is 362 g/mol. The topological polar surface area (TPSA) is 46.3 Å². The molecule has 1 aliphatic heterocycles. The maximum atomic E-state index is 13.1. The molecule has 4 rings (SSSR count). The Bertz CT molecular complexity index is 988. The van der Waals surface area contributed by atoms with Crippen molar-refractivity contribution in [2.24, 2.45) is 0 Å². The van der Waals surface area contributed by atoms with Crippen LogP contribution < -0.4 is 0 Å². The molecule has 0 N–H and O–H groups in total. The van der Waals surface area contributed by atoms with Gasteiger partial charge in [-0.15, -0.1) is 0 Å². The van der Waals surface area contributed by atoms with Crippen molar-refractivity contribution in [1.29, 1.82) is 0 Å². The molecule has 0 saturated heterocycles. The number of halogens is 1. The second-order valence-electron chi connectivity index (χ2n) is 6.70. The van der Waals surface area contributed by atoms with Gasteiger partial charge in [-0.25, -0.2) is 4.39 Å². The third-order valence-corrected chi connectivity index (χ3v) is 4.76. The Morgan fingerprint density at radius 3 is 2.63 bits per heavy atom. The molecule has 1 amide bonds. The maximum absolute atomic E-state index is 13.1. The summed E-state index contributed by atoms with van der Waals surface area (Å²) in [6, 6.07) is 14.2. The van der Waals surface area contributed by atoms with Crippen molar-refractivity contribution >= 4 is 12.0 Å². The Kier molecular flexibility index (Phi) is 4.59. The zero-order valence-corrected chi connectivity index (χ0v) is 15.0. The molecule has 0 bridgehead atoms. The van der Waals surface area contributed by atoms with Gasteiger partial charge in [-0.2, -0.15) is 0 Å². The third-order valence-electron chi connectivity index (χ3n) is 4.76. The normalized spacial score (nSPS) is 13.8. The van der Waals surface area contributed by atoms with Gasteiger partial charge in [-0.05, 0) is 49.2 Å². The van der Waals surface area contributed by atoms with Gasteiger partial charge in [0.15, 0.2) is 5.76 Å². The van der Waals surface area contributed by atoms with E-state index in [4.69, 9.17) is 4.52 Å². The monoisotopic (exact) mass is 362 g/mol. The van der Waals surface area contributed by atoms with Crippen LogP contribution in [0, 0.1) is 12.7 Å². The molecule has 0 unspecified atom stereocenters. The fourth-order valence-electron chi connectivity index (χ4n) is 3.20. The summed E-state index contributed by atoms with van der Waals surface area (Å²) in [5.41, 5.74) is 4.73. The van der Waals surface area contributed by atoms with Crippen molar-refractivity contribution in [1.82, 2.24) is 10.1 Å². The van der Waals surface area contributed by atoms with Crippen molar-refractivity contribution in [2.75, 3.05) is 6.54 Å². The van der Waals surface area contributed by atoms with Gasteiger partial charge in [0.25, 0.3) is 0 Å². The van der Waals surface area contributed by atoms with Gasteiger partial charge in [0.2, 0.25) is 5.91 Å². The van der Waals surface area contributed by atoms with Gasteiger partial charge in [-0.1, -0.05) is 35.0 Å². The molecule has 4 nitrogen and oxygen atoms in total. The highest BCUT2D eigenvalue weighted by atomic mass is 19.1. The van der Waals surface area contributed by atoms with Crippen LogP contribution in [0.25, 0.3) is 17.4 Å². The van der Waals surface area contributed by atoms with Gasteiger partial charge in [-0.3, -0.25) is 4.79 Å². The largest absolute Gasteiger partial charge is 0.356 e. The molecular formula is C22H19FN2O2. The summed E-state index contributed by atoms with van der Waals surface area (Å²) in [6.07, 6.45) is 4.08. The van der Waals surface area contributed by atoms with Gasteiger partial charge in [0.05, 0.1) is 6.54 Å². The second kappa shape index (κ2) is 7.19. The summed E-state index contributed by atoms with van der Waals surface area (Å²) in [7, 11) is 0. The van der Waals surface area contributed by atoms with Crippen LogP contribution in [0.2, 0.25) is 0 Å². The number of carbonyl (C=O) groups excluding carboxylic acids is 1. The van der Waals surface area contributed by atoms with Crippen LogP contribution in [0.3, 0.4) is 0 Å². The third kappa shape index (κ3) is 3.67. The minimum atomic E-state index is -0.288. The van der Waals surface area contributed by atoms with Crippen LogP contribution in [-0.4, -0.2) is 22.5 Å². The molecule has 1 aromatic heterocycles. The molecule has 0 saturated carbocycles. The number of aryl methyl sites for hydroxylation is 1. The Morgan fingerprint density at radius 1 is 1.15 bits per heavy atom. The first-order valence-corrected chi connectivity index (χ1v) is 8.87. The van der Waals surface area contributed by atoms with E-state index in [0.29, 0.717) is 25.3 Å². The summed E-state index contributed by atoms with van der Waals surface area (Å²) >= 11 is 0. The lowest BCUT2D eigenvalue weighted by Crippen LogP contribution is -2.34. The number of rotatable bonds is 3. The van der Waals surface area contributed by atoms with E-state index >= 15 is 0 Å². The predicted molar refractivity (Wildman–Crippen MR) is 101 cm³/mol. The van der Waals surface area contributed by atoms with Crippen LogP contribution in [0.4, 0.5) is 4.39 Å². The number of hydrogen-bond acceptors (Lipinski definition) is 3. The average Bonchev–Trinajstić information content (AvgIpc) is 3.11. The van der Waals surface area contributed by atoms with Crippen LogP contribution in [-0.2, 0) is 17.8 Å². The quantitative estimate of drug-likeness (QED) is 0.649. The molecule has 2 aromatic carbocycles. The second-order valence-corrected chi connectivity index (χ2v) is 6.70. The zero-order valence-electron chi connectivity index (χ0n) is 15.0.